The standard InChI is InChI=1S/C16H16F2N2O4S/c17-14-8-12(9-15(18)10-14)3-5-20(25(22)23)6-7-24-16(21)13-2-1-4-19-11-13/h1-2,4,8-11H,3,5-7H2,(H,22,23). The summed E-state index contributed by atoms with van der Waals surface area (Å²) < 4.78 is 53.0. The molecule has 1 aromatic carbocycles. The molecule has 0 bridgehead atoms. The Balaban J connectivity index is 1.84. The molecular formula is C16H16F2N2O4S. The number of benzene rings is 1. The number of pyridine rings is 1. The van der Waals surface area contributed by atoms with Gasteiger partial charge in [-0.05, 0) is 36.2 Å². The minimum absolute atomic E-state index is 0.00703. The Kier molecular flexibility index (Phi) is 7.11. The number of hydrogen-bond donors (Lipinski definition) is 1. The molecule has 0 amide bonds. The van der Waals surface area contributed by atoms with Gasteiger partial charge in [0, 0.05) is 31.5 Å². The van der Waals surface area contributed by atoms with E-state index in [9.17, 15) is 22.3 Å². The largest absolute Gasteiger partial charge is 0.461 e. The molecule has 2 aromatic rings. The highest BCUT2D eigenvalue weighted by atomic mass is 32.2. The van der Waals surface area contributed by atoms with Crippen molar-refractivity contribution < 1.29 is 27.1 Å². The Hall–Kier alpha value is -2.23. The fourth-order valence-corrected chi connectivity index (χ4v) is 2.56. The van der Waals surface area contributed by atoms with E-state index in [-0.39, 0.29) is 31.7 Å². The van der Waals surface area contributed by atoms with E-state index in [0.29, 0.717) is 5.56 Å². The lowest BCUT2D eigenvalue weighted by atomic mass is 10.1. The van der Waals surface area contributed by atoms with Crippen LogP contribution in [0.15, 0.2) is 42.7 Å². The summed E-state index contributed by atoms with van der Waals surface area (Å²) in [7, 11) is 0. The highest BCUT2D eigenvalue weighted by Crippen LogP contribution is 2.10. The first kappa shape index (κ1) is 19.1. The molecule has 1 unspecified atom stereocenters. The van der Waals surface area contributed by atoms with Crippen LogP contribution in [0.5, 0.6) is 0 Å². The summed E-state index contributed by atoms with van der Waals surface area (Å²) in [5.74, 6) is -2.02. The van der Waals surface area contributed by atoms with Gasteiger partial charge in [0.25, 0.3) is 0 Å². The molecule has 1 N–H and O–H groups in total. The van der Waals surface area contributed by atoms with Crippen molar-refractivity contribution in [3.63, 3.8) is 0 Å². The van der Waals surface area contributed by atoms with Crippen LogP contribution in [0.4, 0.5) is 8.78 Å². The molecule has 9 heteroatoms. The first-order valence-corrected chi connectivity index (χ1v) is 8.40. The van der Waals surface area contributed by atoms with Crippen molar-refractivity contribution in [2.24, 2.45) is 0 Å². The molecule has 0 aliphatic heterocycles. The minimum Gasteiger partial charge on any atom is -0.461 e. The summed E-state index contributed by atoms with van der Waals surface area (Å²) in [5.41, 5.74) is 0.634. The van der Waals surface area contributed by atoms with Gasteiger partial charge in [-0.2, -0.15) is 4.31 Å². The average Bonchev–Trinajstić information content (AvgIpc) is 2.57. The van der Waals surface area contributed by atoms with Crippen molar-refractivity contribution >= 4 is 17.2 Å². The normalized spacial score (nSPS) is 12.2. The van der Waals surface area contributed by atoms with Crippen molar-refractivity contribution in [2.45, 2.75) is 6.42 Å². The van der Waals surface area contributed by atoms with Gasteiger partial charge in [-0.15, -0.1) is 0 Å². The summed E-state index contributed by atoms with van der Waals surface area (Å²) in [6.45, 7) is -0.0547. The van der Waals surface area contributed by atoms with Gasteiger partial charge in [0.2, 0.25) is 11.3 Å². The Morgan fingerprint density at radius 3 is 2.56 bits per heavy atom. The number of carbonyl (C=O) groups is 1. The SMILES string of the molecule is O=C(OCCN(CCc1cc(F)cc(F)c1)S(=O)O)c1cccnc1. The molecule has 6 nitrogen and oxygen atoms in total. The zero-order chi connectivity index (χ0) is 18.2. The van der Waals surface area contributed by atoms with Gasteiger partial charge in [-0.25, -0.2) is 17.8 Å². The second-order valence-corrected chi connectivity index (χ2v) is 6.04. The second-order valence-electron chi connectivity index (χ2n) is 5.07. The van der Waals surface area contributed by atoms with E-state index in [0.717, 1.165) is 22.5 Å². The maximum atomic E-state index is 13.1. The predicted octanol–water partition coefficient (Wildman–Crippen LogP) is 2.20. The zero-order valence-electron chi connectivity index (χ0n) is 13.1. The summed E-state index contributed by atoms with van der Waals surface area (Å²) in [4.78, 5) is 15.5. The topological polar surface area (TPSA) is 79.7 Å². The molecule has 1 atom stereocenters. The van der Waals surface area contributed by atoms with Crippen LogP contribution in [0.25, 0.3) is 0 Å². The lowest BCUT2D eigenvalue weighted by Crippen LogP contribution is -2.32. The third kappa shape index (κ3) is 6.29. The number of rotatable bonds is 8. The number of halogens is 2. The van der Waals surface area contributed by atoms with Crippen LogP contribution in [-0.4, -0.2) is 43.7 Å². The Morgan fingerprint density at radius 2 is 1.96 bits per heavy atom. The van der Waals surface area contributed by atoms with E-state index in [2.05, 4.69) is 4.98 Å². The Bertz CT molecular complexity index is 726. The van der Waals surface area contributed by atoms with Crippen molar-refractivity contribution in [1.29, 1.82) is 0 Å². The Labute approximate surface area is 145 Å². The summed E-state index contributed by atoms with van der Waals surface area (Å²) in [6.07, 6.45) is 3.03. The molecule has 134 valence electrons. The molecule has 25 heavy (non-hydrogen) atoms. The molecule has 0 aliphatic carbocycles. The van der Waals surface area contributed by atoms with E-state index >= 15 is 0 Å². The molecule has 0 saturated heterocycles. The molecule has 0 saturated carbocycles. The molecule has 1 heterocycles. The minimum atomic E-state index is -2.30. The lowest BCUT2D eigenvalue weighted by Gasteiger charge is -2.17. The summed E-state index contributed by atoms with van der Waals surface area (Å²) in [5, 5.41) is 0. The van der Waals surface area contributed by atoms with Crippen LogP contribution in [0.3, 0.4) is 0 Å². The lowest BCUT2D eigenvalue weighted by molar-refractivity contribution is 0.0488. The van der Waals surface area contributed by atoms with Gasteiger partial charge in [-0.3, -0.25) is 9.54 Å². The van der Waals surface area contributed by atoms with E-state index in [1.807, 2.05) is 0 Å². The van der Waals surface area contributed by atoms with Crippen LogP contribution < -0.4 is 0 Å². The van der Waals surface area contributed by atoms with Crippen molar-refractivity contribution in [3.05, 3.63) is 65.5 Å². The maximum Gasteiger partial charge on any atom is 0.339 e. The fourth-order valence-electron chi connectivity index (χ4n) is 2.08. The fraction of sp³-hybridized carbons (Fsp3) is 0.250. The van der Waals surface area contributed by atoms with Crippen LogP contribution in [0.1, 0.15) is 15.9 Å². The van der Waals surface area contributed by atoms with Crippen LogP contribution >= 0.6 is 0 Å². The monoisotopic (exact) mass is 370 g/mol. The van der Waals surface area contributed by atoms with Gasteiger partial charge in [0.05, 0.1) is 5.56 Å². The van der Waals surface area contributed by atoms with Gasteiger partial charge < -0.3 is 4.74 Å². The highest BCUT2D eigenvalue weighted by molar-refractivity contribution is 7.76. The second kappa shape index (κ2) is 9.30. The third-order valence-corrected chi connectivity index (χ3v) is 4.07. The van der Waals surface area contributed by atoms with Crippen molar-refractivity contribution in [1.82, 2.24) is 9.29 Å². The van der Waals surface area contributed by atoms with E-state index in [4.69, 9.17) is 4.74 Å². The van der Waals surface area contributed by atoms with Crippen molar-refractivity contribution in [2.75, 3.05) is 19.7 Å². The molecule has 0 aliphatic rings. The van der Waals surface area contributed by atoms with Gasteiger partial charge in [-0.1, -0.05) is 0 Å². The first-order valence-electron chi connectivity index (χ1n) is 7.34. The molecule has 0 radical (unpaired) electrons. The number of esters is 1. The molecule has 0 spiro atoms. The number of hydrogen-bond acceptors (Lipinski definition) is 4. The summed E-state index contributed by atoms with van der Waals surface area (Å²) >= 11 is -2.30. The number of nitrogens with zero attached hydrogens (tertiary/aromatic N) is 2. The van der Waals surface area contributed by atoms with E-state index < -0.39 is 28.9 Å². The van der Waals surface area contributed by atoms with Gasteiger partial charge in [0.15, 0.2) is 0 Å². The number of aromatic nitrogens is 1. The molecule has 1 aromatic heterocycles. The highest BCUT2D eigenvalue weighted by Gasteiger charge is 2.14. The van der Waals surface area contributed by atoms with Crippen LogP contribution in [0.2, 0.25) is 0 Å². The molecular weight excluding hydrogens is 354 g/mol. The zero-order valence-corrected chi connectivity index (χ0v) is 13.9. The number of carbonyl (C=O) groups excluding carboxylic acids is 1. The third-order valence-electron chi connectivity index (χ3n) is 3.26. The molecule has 0 fully saturated rings. The van der Waals surface area contributed by atoms with Crippen molar-refractivity contribution in [3.8, 4) is 0 Å². The predicted molar refractivity (Wildman–Crippen MR) is 86.9 cm³/mol. The Morgan fingerprint density at radius 1 is 1.24 bits per heavy atom. The summed E-state index contributed by atoms with van der Waals surface area (Å²) in [6, 6.07) is 6.19. The van der Waals surface area contributed by atoms with Crippen LogP contribution in [-0.2, 0) is 22.4 Å². The van der Waals surface area contributed by atoms with E-state index in [1.54, 1.807) is 6.07 Å². The maximum absolute atomic E-state index is 13.1. The molecule has 2 rings (SSSR count). The number of ether oxygens (including phenoxy) is 1. The van der Waals surface area contributed by atoms with Gasteiger partial charge in [0.1, 0.15) is 18.2 Å². The first-order chi connectivity index (χ1) is 12.0. The quantitative estimate of drug-likeness (QED) is 0.569. The smallest absolute Gasteiger partial charge is 0.339 e. The average molecular weight is 370 g/mol. The van der Waals surface area contributed by atoms with E-state index in [1.165, 1.54) is 18.5 Å². The van der Waals surface area contributed by atoms with Crippen LogP contribution in [0, 0.1) is 11.6 Å². The van der Waals surface area contributed by atoms with Gasteiger partial charge >= 0.3 is 5.97 Å².